The molecule has 1 rings (SSSR count). The van der Waals surface area contributed by atoms with Gasteiger partial charge in [-0.2, -0.15) is 0 Å². The SMILES string of the molecule is CCC1(CC)C=C(C(=O)OCOC(C)=O)C(CC)(CC)N1. The van der Waals surface area contributed by atoms with E-state index in [-0.39, 0.29) is 17.9 Å². The monoisotopic (exact) mass is 297 g/mol. The van der Waals surface area contributed by atoms with E-state index in [1.165, 1.54) is 6.92 Å². The summed E-state index contributed by atoms with van der Waals surface area (Å²) in [5.41, 5.74) is 0.129. The van der Waals surface area contributed by atoms with Crippen molar-refractivity contribution in [3.05, 3.63) is 11.6 Å². The Balaban J connectivity index is 2.97. The Labute approximate surface area is 127 Å². The van der Waals surface area contributed by atoms with Crippen LogP contribution in [0, 0.1) is 0 Å². The first-order chi connectivity index (χ1) is 9.88. The highest BCUT2D eigenvalue weighted by molar-refractivity contribution is 5.92. The van der Waals surface area contributed by atoms with Crippen molar-refractivity contribution >= 4 is 11.9 Å². The first kappa shape index (κ1) is 17.7. The lowest BCUT2D eigenvalue weighted by Crippen LogP contribution is -2.52. The molecule has 0 radical (unpaired) electrons. The van der Waals surface area contributed by atoms with Crippen molar-refractivity contribution in [3.63, 3.8) is 0 Å². The predicted molar refractivity (Wildman–Crippen MR) is 80.6 cm³/mol. The molecule has 1 aliphatic rings. The van der Waals surface area contributed by atoms with E-state index in [2.05, 4.69) is 37.7 Å². The lowest BCUT2D eigenvalue weighted by Gasteiger charge is -2.36. The van der Waals surface area contributed by atoms with E-state index in [1.54, 1.807) is 0 Å². The molecule has 0 bridgehead atoms. The van der Waals surface area contributed by atoms with Gasteiger partial charge in [0.15, 0.2) is 0 Å². The summed E-state index contributed by atoms with van der Waals surface area (Å²) >= 11 is 0. The van der Waals surface area contributed by atoms with Crippen molar-refractivity contribution in [2.45, 2.75) is 71.4 Å². The standard InChI is InChI=1S/C16H27NO4/c1-6-15(7-2)10-13(16(8-3,9-4)17-15)14(19)21-11-20-12(5)18/h10,17H,6-9,11H2,1-5H3. The summed E-state index contributed by atoms with van der Waals surface area (Å²) < 4.78 is 9.77. The van der Waals surface area contributed by atoms with Gasteiger partial charge in [-0.3, -0.25) is 10.1 Å². The van der Waals surface area contributed by atoms with Gasteiger partial charge in [-0.1, -0.05) is 33.8 Å². The van der Waals surface area contributed by atoms with Crippen LogP contribution in [-0.4, -0.2) is 29.8 Å². The molecule has 0 saturated heterocycles. The second-order valence-corrected chi connectivity index (χ2v) is 5.52. The van der Waals surface area contributed by atoms with Crippen LogP contribution in [-0.2, 0) is 19.1 Å². The molecule has 0 aliphatic carbocycles. The van der Waals surface area contributed by atoms with E-state index in [0.29, 0.717) is 5.57 Å². The Hall–Kier alpha value is -1.36. The van der Waals surface area contributed by atoms with Crippen LogP contribution in [0.2, 0.25) is 0 Å². The maximum absolute atomic E-state index is 12.4. The highest BCUT2D eigenvalue weighted by Crippen LogP contribution is 2.39. The van der Waals surface area contributed by atoms with Crippen LogP contribution in [0.3, 0.4) is 0 Å². The average Bonchev–Trinajstić information content (AvgIpc) is 2.83. The number of rotatable bonds is 7. The third kappa shape index (κ3) is 3.64. The minimum atomic E-state index is -0.463. The van der Waals surface area contributed by atoms with Crippen LogP contribution in [0.4, 0.5) is 0 Å². The third-order valence-electron chi connectivity index (χ3n) is 4.57. The molecule has 0 aromatic rings. The lowest BCUT2D eigenvalue weighted by molar-refractivity contribution is -0.163. The molecule has 0 aromatic carbocycles. The topological polar surface area (TPSA) is 64.6 Å². The molecule has 0 atom stereocenters. The Kier molecular flexibility index (Phi) is 5.96. The number of carbonyl (C=O) groups excluding carboxylic acids is 2. The van der Waals surface area contributed by atoms with Gasteiger partial charge in [-0.05, 0) is 25.7 Å². The minimum absolute atomic E-state index is 0.165. The summed E-state index contributed by atoms with van der Waals surface area (Å²) in [6.07, 6.45) is 5.44. The van der Waals surface area contributed by atoms with Crippen LogP contribution >= 0.6 is 0 Å². The summed E-state index contributed by atoms with van der Waals surface area (Å²) in [4.78, 5) is 23.1. The summed E-state index contributed by atoms with van der Waals surface area (Å²) in [5, 5.41) is 3.65. The second-order valence-electron chi connectivity index (χ2n) is 5.52. The lowest BCUT2D eigenvalue weighted by atomic mass is 9.86. The Bertz CT molecular complexity index is 420. The van der Waals surface area contributed by atoms with Crippen molar-refractivity contribution in [2.24, 2.45) is 0 Å². The van der Waals surface area contributed by atoms with Gasteiger partial charge in [0.25, 0.3) is 0 Å². The van der Waals surface area contributed by atoms with E-state index < -0.39 is 11.9 Å². The number of esters is 2. The minimum Gasteiger partial charge on any atom is -0.428 e. The predicted octanol–water partition coefficient (Wildman–Crippen LogP) is 2.70. The fourth-order valence-corrected chi connectivity index (χ4v) is 2.93. The summed E-state index contributed by atoms with van der Waals surface area (Å²) in [6.45, 7) is 9.29. The molecular weight excluding hydrogens is 270 g/mol. The molecule has 0 spiro atoms. The maximum Gasteiger partial charge on any atom is 0.338 e. The molecule has 1 aliphatic heterocycles. The van der Waals surface area contributed by atoms with Gasteiger partial charge in [-0.15, -0.1) is 0 Å². The van der Waals surface area contributed by atoms with Gasteiger partial charge < -0.3 is 9.47 Å². The van der Waals surface area contributed by atoms with Crippen LogP contribution < -0.4 is 5.32 Å². The molecule has 0 aromatic heterocycles. The van der Waals surface area contributed by atoms with Crippen LogP contribution in [0.1, 0.15) is 60.3 Å². The molecule has 5 heteroatoms. The van der Waals surface area contributed by atoms with E-state index in [1.807, 2.05) is 6.08 Å². The molecule has 0 unspecified atom stereocenters. The molecule has 0 saturated carbocycles. The van der Waals surface area contributed by atoms with Crippen molar-refractivity contribution < 1.29 is 19.1 Å². The van der Waals surface area contributed by atoms with Crippen molar-refractivity contribution in [1.82, 2.24) is 5.32 Å². The van der Waals surface area contributed by atoms with Gasteiger partial charge in [0.1, 0.15) is 0 Å². The molecule has 0 amide bonds. The van der Waals surface area contributed by atoms with Gasteiger partial charge in [0.2, 0.25) is 6.79 Å². The normalized spacial score (nSPS) is 19.0. The number of hydrogen-bond acceptors (Lipinski definition) is 5. The van der Waals surface area contributed by atoms with E-state index in [0.717, 1.165) is 25.7 Å². The van der Waals surface area contributed by atoms with Crippen LogP contribution in [0.15, 0.2) is 11.6 Å². The Morgan fingerprint density at radius 3 is 2.05 bits per heavy atom. The van der Waals surface area contributed by atoms with Gasteiger partial charge in [0.05, 0.1) is 11.1 Å². The zero-order chi connectivity index (χ0) is 16.1. The van der Waals surface area contributed by atoms with Crippen molar-refractivity contribution in [3.8, 4) is 0 Å². The Morgan fingerprint density at radius 2 is 1.62 bits per heavy atom. The van der Waals surface area contributed by atoms with Crippen LogP contribution in [0.5, 0.6) is 0 Å². The number of nitrogens with one attached hydrogen (secondary N) is 1. The van der Waals surface area contributed by atoms with Gasteiger partial charge >= 0.3 is 11.9 Å². The number of ether oxygens (including phenoxy) is 2. The number of carbonyl (C=O) groups is 2. The zero-order valence-corrected chi connectivity index (χ0v) is 13.7. The molecule has 21 heavy (non-hydrogen) atoms. The van der Waals surface area contributed by atoms with Gasteiger partial charge in [-0.25, -0.2) is 4.79 Å². The van der Waals surface area contributed by atoms with Crippen molar-refractivity contribution in [1.29, 1.82) is 0 Å². The molecule has 1 N–H and O–H groups in total. The van der Waals surface area contributed by atoms with E-state index >= 15 is 0 Å². The molecule has 0 fully saturated rings. The second kappa shape index (κ2) is 7.07. The molecule has 120 valence electrons. The molecule has 5 nitrogen and oxygen atoms in total. The Morgan fingerprint density at radius 1 is 1.05 bits per heavy atom. The molecule has 1 heterocycles. The maximum atomic E-state index is 12.4. The highest BCUT2D eigenvalue weighted by Gasteiger charge is 2.47. The summed E-state index contributed by atoms with van der Waals surface area (Å²) in [5.74, 6) is -0.869. The summed E-state index contributed by atoms with van der Waals surface area (Å²) in [6, 6.07) is 0. The van der Waals surface area contributed by atoms with Crippen molar-refractivity contribution in [2.75, 3.05) is 6.79 Å². The smallest absolute Gasteiger partial charge is 0.338 e. The van der Waals surface area contributed by atoms with E-state index in [9.17, 15) is 9.59 Å². The zero-order valence-electron chi connectivity index (χ0n) is 13.7. The quantitative estimate of drug-likeness (QED) is 0.578. The first-order valence-electron chi connectivity index (χ1n) is 7.71. The first-order valence-corrected chi connectivity index (χ1v) is 7.71. The number of hydrogen-bond donors (Lipinski definition) is 1. The average molecular weight is 297 g/mol. The third-order valence-corrected chi connectivity index (χ3v) is 4.57. The fourth-order valence-electron chi connectivity index (χ4n) is 2.93. The van der Waals surface area contributed by atoms with E-state index in [4.69, 9.17) is 4.74 Å². The van der Waals surface area contributed by atoms with Gasteiger partial charge in [0, 0.05) is 12.5 Å². The largest absolute Gasteiger partial charge is 0.428 e. The highest BCUT2D eigenvalue weighted by atomic mass is 16.7. The summed E-state index contributed by atoms with van der Waals surface area (Å²) in [7, 11) is 0. The molecular formula is C16H27NO4. The fraction of sp³-hybridized carbons (Fsp3) is 0.750. The van der Waals surface area contributed by atoms with Crippen LogP contribution in [0.25, 0.3) is 0 Å².